The summed E-state index contributed by atoms with van der Waals surface area (Å²) >= 11 is 13.9. The monoisotopic (exact) mass is 392 g/mol. The van der Waals surface area contributed by atoms with Gasteiger partial charge in [0, 0.05) is 18.0 Å². The number of hydrogen-bond donors (Lipinski definition) is 1. The van der Waals surface area contributed by atoms with E-state index in [1.165, 1.54) is 0 Å². The van der Waals surface area contributed by atoms with Crippen LogP contribution < -0.4 is 5.32 Å². The first-order chi connectivity index (χ1) is 12.1. The fourth-order valence-electron chi connectivity index (χ4n) is 3.04. The second-order valence-electron chi connectivity index (χ2n) is 5.76. The molecule has 5 nitrogen and oxygen atoms in total. The highest BCUT2D eigenvalue weighted by molar-refractivity contribution is 8.02. The Balaban J connectivity index is 1.85. The van der Waals surface area contributed by atoms with E-state index in [2.05, 4.69) is 10.4 Å². The zero-order valence-electron chi connectivity index (χ0n) is 13.2. The molecule has 1 aromatic carbocycles. The average Bonchev–Trinajstić information content (AvgIpc) is 3.26. The molecule has 0 spiro atoms. The van der Waals surface area contributed by atoms with Crippen molar-refractivity contribution in [2.24, 2.45) is 0 Å². The van der Waals surface area contributed by atoms with Gasteiger partial charge >= 0.3 is 0 Å². The van der Waals surface area contributed by atoms with Crippen LogP contribution in [0, 0.1) is 0 Å². The molecule has 0 fully saturated rings. The summed E-state index contributed by atoms with van der Waals surface area (Å²) in [5.74, 6) is 1.38. The van der Waals surface area contributed by atoms with E-state index in [4.69, 9.17) is 23.2 Å². The Kier molecular flexibility index (Phi) is 4.27. The molecule has 0 saturated carbocycles. The summed E-state index contributed by atoms with van der Waals surface area (Å²) < 4.78 is 1.80. The van der Waals surface area contributed by atoms with Crippen molar-refractivity contribution >= 4 is 46.7 Å². The van der Waals surface area contributed by atoms with Crippen LogP contribution in [0.3, 0.4) is 0 Å². The highest BCUT2D eigenvalue weighted by Crippen LogP contribution is 2.38. The lowest BCUT2D eigenvalue weighted by atomic mass is 9.94. The maximum atomic E-state index is 13.1. The van der Waals surface area contributed by atoms with Gasteiger partial charge in [-0.15, -0.1) is 11.8 Å². The normalized spacial score (nSPS) is 19.2. The molecular weight excluding hydrogens is 379 g/mol. The number of benzene rings is 1. The molecule has 4 rings (SSSR count). The van der Waals surface area contributed by atoms with Gasteiger partial charge in [-0.1, -0.05) is 29.3 Å². The topological polar surface area (TPSA) is 50.2 Å². The van der Waals surface area contributed by atoms with Crippen LogP contribution in [0.5, 0.6) is 0 Å². The summed E-state index contributed by atoms with van der Waals surface area (Å²) in [6.07, 6.45) is 3.51. The molecule has 2 aliphatic heterocycles. The van der Waals surface area contributed by atoms with Crippen molar-refractivity contribution < 1.29 is 4.79 Å². The van der Waals surface area contributed by atoms with Gasteiger partial charge in [0.05, 0.1) is 27.7 Å². The zero-order chi connectivity index (χ0) is 17.6. The van der Waals surface area contributed by atoms with E-state index in [0.29, 0.717) is 21.5 Å². The van der Waals surface area contributed by atoms with E-state index in [1.807, 2.05) is 24.5 Å². The lowest BCUT2D eigenvalue weighted by molar-refractivity contribution is -0.124. The predicted molar refractivity (Wildman–Crippen MR) is 102 cm³/mol. The first-order valence-corrected chi connectivity index (χ1v) is 9.42. The minimum Gasteiger partial charge on any atom is -0.344 e. The third kappa shape index (κ3) is 2.84. The number of fused-ring (bicyclic) bond motifs is 1. The first kappa shape index (κ1) is 16.6. The number of nitrogens with zero attached hydrogens (tertiary/aromatic N) is 3. The maximum Gasteiger partial charge on any atom is 0.258 e. The summed E-state index contributed by atoms with van der Waals surface area (Å²) in [5.41, 5.74) is 2.31. The molecule has 0 aliphatic carbocycles. The Morgan fingerprint density at radius 2 is 2.16 bits per heavy atom. The SMILES string of the molecule is CC1=C(C(=O)N2C=CSC2)C(c2ccc(Cl)c(Cl)c2)n2nccc2N1. The number of anilines is 1. The fourth-order valence-corrected chi connectivity index (χ4v) is 4.03. The number of aromatic nitrogens is 2. The zero-order valence-corrected chi connectivity index (χ0v) is 15.6. The predicted octanol–water partition coefficient (Wildman–Crippen LogP) is 4.48. The summed E-state index contributed by atoms with van der Waals surface area (Å²) in [5, 5.41) is 10.5. The number of thioether (sulfide) groups is 1. The van der Waals surface area contributed by atoms with E-state index < -0.39 is 0 Å². The molecule has 128 valence electrons. The number of amides is 1. The van der Waals surface area contributed by atoms with Gasteiger partial charge in [0.1, 0.15) is 11.9 Å². The fraction of sp³-hybridized carbons (Fsp3) is 0.176. The van der Waals surface area contributed by atoms with Gasteiger partial charge in [-0.25, -0.2) is 4.68 Å². The van der Waals surface area contributed by atoms with Crippen LogP contribution in [0.4, 0.5) is 5.82 Å². The second kappa shape index (κ2) is 6.44. The molecule has 0 radical (unpaired) electrons. The first-order valence-electron chi connectivity index (χ1n) is 7.62. The van der Waals surface area contributed by atoms with Crippen LogP contribution in [0.15, 0.2) is 53.3 Å². The Bertz CT molecular complexity index is 921. The van der Waals surface area contributed by atoms with Crippen LogP contribution in [-0.2, 0) is 4.79 Å². The maximum absolute atomic E-state index is 13.1. The number of carbonyl (C=O) groups excluding carboxylic acids is 1. The highest BCUT2D eigenvalue weighted by atomic mass is 35.5. The number of nitrogens with one attached hydrogen (secondary N) is 1. The van der Waals surface area contributed by atoms with Gasteiger partial charge in [0.25, 0.3) is 5.91 Å². The van der Waals surface area contributed by atoms with Crippen molar-refractivity contribution in [3.63, 3.8) is 0 Å². The molecule has 0 bridgehead atoms. The molecule has 1 aromatic heterocycles. The third-order valence-electron chi connectivity index (χ3n) is 4.21. The largest absolute Gasteiger partial charge is 0.344 e. The number of halogens is 2. The Hall–Kier alpha value is -1.89. The number of carbonyl (C=O) groups is 1. The van der Waals surface area contributed by atoms with Crippen molar-refractivity contribution in [2.45, 2.75) is 13.0 Å². The number of allylic oxidation sites excluding steroid dienone is 1. The Morgan fingerprint density at radius 1 is 1.32 bits per heavy atom. The van der Waals surface area contributed by atoms with Crippen LogP contribution in [0.2, 0.25) is 10.0 Å². The minimum absolute atomic E-state index is 0.0523. The van der Waals surface area contributed by atoms with Gasteiger partial charge in [-0.05, 0) is 30.0 Å². The molecular formula is C17H14Cl2N4OS. The highest BCUT2D eigenvalue weighted by Gasteiger charge is 2.35. The standard InChI is InChI=1S/C17H14Cl2N4OS/c1-10-15(17(24)22-6-7-25-9-22)16(23-14(21-10)4-5-20-23)11-2-3-12(18)13(19)8-11/h2-8,16,21H,9H2,1H3. The Labute approximate surface area is 159 Å². The van der Waals surface area contributed by atoms with Crippen LogP contribution >= 0.6 is 35.0 Å². The molecule has 2 aromatic rings. The van der Waals surface area contributed by atoms with E-state index in [0.717, 1.165) is 17.1 Å². The average molecular weight is 393 g/mol. The smallest absolute Gasteiger partial charge is 0.258 e. The van der Waals surface area contributed by atoms with E-state index >= 15 is 0 Å². The molecule has 3 heterocycles. The van der Waals surface area contributed by atoms with Crippen LogP contribution in [0.1, 0.15) is 18.5 Å². The molecule has 1 amide bonds. The summed E-state index contributed by atoms with van der Waals surface area (Å²) in [6, 6.07) is 6.92. The molecule has 1 N–H and O–H groups in total. The van der Waals surface area contributed by atoms with Gasteiger partial charge in [0.2, 0.25) is 0 Å². The van der Waals surface area contributed by atoms with E-state index in [9.17, 15) is 4.79 Å². The van der Waals surface area contributed by atoms with Gasteiger partial charge in [0.15, 0.2) is 0 Å². The number of hydrogen-bond acceptors (Lipinski definition) is 4. The summed E-state index contributed by atoms with van der Waals surface area (Å²) in [4.78, 5) is 14.8. The van der Waals surface area contributed by atoms with E-state index in [-0.39, 0.29) is 11.9 Å². The quantitative estimate of drug-likeness (QED) is 0.817. The van der Waals surface area contributed by atoms with Crippen molar-refractivity contribution in [2.75, 3.05) is 11.2 Å². The second-order valence-corrected chi connectivity index (χ2v) is 7.43. The third-order valence-corrected chi connectivity index (χ3v) is 5.69. The van der Waals surface area contributed by atoms with E-state index in [1.54, 1.807) is 45.9 Å². The summed E-state index contributed by atoms with van der Waals surface area (Å²) in [7, 11) is 0. The molecule has 0 saturated heterocycles. The van der Waals surface area contributed by atoms with Gasteiger partial charge in [-0.3, -0.25) is 4.79 Å². The lowest BCUT2D eigenvalue weighted by Gasteiger charge is -2.31. The number of rotatable bonds is 2. The summed E-state index contributed by atoms with van der Waals surface area (Å²) in [6.45, 7) is 1.90. The molecule has 2 aliphatic rings. The van der Waals surface area contributed by atoms with Crippen molar-refractivity contribution in [3.05, 3.63) is 68.9 Å². The van der Waals surface area contributed by atoms with Crippen molar-refractivity contribution in [1.29, 1.82) is 0 Å². The molecule has 1 atom stereocenters. The molecule has 1 unspecified atom stereocenters. The van der Waals surface area contributed by atoms with Gasteiger partial charge in [-0.2, -0.15) is 5.10 Å². The molecule has 25 heavy (non-hydrogen) atoms. The molecule has 8 heteroatoms. The minimum atomic E-state index is -0.368. The van der Waals surface area contributed by atoms with Crippen LogP contribution in [0.25, 0.3) is 0 Å². The van der Waals surface area contributed by atoms with Gasteiger partial charge < -0.3 is 10.2 Å². The lowest BCUT2D eigenvalue weighted by Crippen LogP contribution is -2.34. The van der Waals surface area contributed by atoms with Crippen molar-refractivity contribution in [3.8, 4) is 0 Å². The van der Waals surface area contributed by atoms with Crippen molar-refractivity contribution in [1.82, 2.24) is 14.7 Å². The van der Waals surface area contributed by atoms with Crippen LogP contribution in [-0.4, -0.2) is 26.5 Å². The Morgan fingerprint density at radius 3 is 2.88 bits per heavy atom.